The third-order valence-electron chi connectivity index (χ3n) is 3.37. The molecule has 2 rings (SSSR count). The van der Waals surface area contributed by atoms with E-state index < -0.39 is 6.04 Å². The standard InChI is InChI=1S/C18H21N3O2S/c1-13(2)17(20-16(22)11-15-9-6-10-24-15)18(23)21-19-12-14-7-4-3-5-8-14/h3-10,12-13,17H,11H2,1-2H3,(H,20,22)(H,21,23)/b19-12+. The summed E-state index contributed by atoms with van der Waals surface area (Å²) >= 11 is 1.52. The number of nitrogens with zero attached hydrogens (tertiary/aromatic N) is 1. The lowest BCUT2D eigenvalue weighted by Gasteiger charge is -2.20. The number of carbonyl (C=O) groups is 2. The summed E-state index contributed by atoms with van der Waals surface area (Å²) in [6, 6.07) is 12.7. The highest BCUT2D eigenvalue weighted by molar-refractivity contribution is 7.10. The number of benzene rings is 1. The maximum absolute atomic E-state index is 12.3. The first-order valence-electron chi connectivity index (χ1n) is 7.76. The number of hydrogen-bond donors (Lipinski definition) is 2. The second-order valence-electron chi connectivity index (χ2n) is 5.69. The van der Waals surface area contributed by atoms with Gasteiger partial charge in [0.2, 0.25) is 5.91 Å². The smallest absolute Gasteiger partial charge is 0.262 e. The molecule has 0 saturated heterocycles. The van der Waals surface area contributed by atoms with E-state index in [1.807, 2.05) is 61.7 Å². The summed E-state index contributed by atoms with van der Waals surface area (Å²) in [5, 5.41) is 8.66. The van der Waals surface area contributed by atoms with Gasteiger partial charge in [-0.05, 0) is 22.9 Å². The van der Waals surface area contributed by atoms with E-state index in [-0.39, 0.29) is 24.2 Å². The van der Waals surface area contributed by atoms with E-state index in [1.165, 1.54) is 11.3 Å². The van der Waals surface area contributed by atoms with Crippen LogP contribution in [-0.2, 0) is 16.0 Å². The normalized spacial score (nSPS) is 12.3. The lowest BCUT2D eigenvalue weighted by Crippen LogP contribution is -2.49. The Hall–Kier alpha value is -2.47. The van der Waals surface area contributed by atoms with Gasteiger partial charge >= 0.3 is 0 Å². The monoisotopic (exact) mass is 343 g/mol. The van der Waals surface area contributed by atoms with Crippen LogP contribution >= 0.6 is 11.3 Å². The van der Waals surface area contributed by atoms with Crippen LogP contribution in [0.3, 0.4) is 0 Å². The molecule has 1 atom stereocenters. The molecular formula is C18H21N3O2S. The van der Waals surface area contributed by atoms with Crippen LogP contribution in [0.25, 0.3) is 0 Å². The van der Waals surface area contributed by atoms with Gasteiger partial charge in [0.15, 0.2) is 0 Å². The van der Waals surface area contributed by atoms with Gasteiger partial charge in [0.05, 0.1) is 12.6 Å². The quantitative estimate of drug-likeness (QED) is 0.599. The molecule has 126 valence electrons. The molecule has 1 heterocycles. The van der Waals surface area contributed by atoms with Crippen molar-refractivity contribution in [3.8, 4) is 0 Å². The Bertz CT molecular complexity index is 682. The number of thiophene rings is 1. The van der Waals surface area contributed by atoms with Gasteiger partial charge in [0, 0.05) is 4.88 Å². The number of carbonyl (C=O) groups excluding carboxylic acids is 2. The number of nitrogens with one attached hydrogen (secondary N) is 2. The highest BCUT2D eigenvalue weighted by Crippen LogP contribution is 2.10. The minimum Gasteiger partial charge on any atom is -0.344 e. The predicted molar refractivity (Wildman–Crippen MR) is 97.0 cm³/mol. The highest BCUT2D eigenvalue weighted by Gasteiger charge is 2.24. The van der Waals surface area contributed by atoms with E-state index in [0.717, 1.165) is 10.4 Å². The fraction of sp³-hybridized carbons (Fsp3) is 0.278. The van der Waals surface area contributed by atoms with Gasteiger partial charge in [0.25, 0.3) is 5.91 Å². The number of rotatable bonds is 7. The summed E-state index contributed by atoms with van der Waals surface area (Å²) in [6.45, 7) is 3.77. The highest BCUT2D eigenvalue weighted by atomic mass is 32.1. The molecule has 5 nitrogen and oxygen atoms in total. The van der Waals surface area contributed by atoms with Gasteiger partial charge in [-0.3, -0.25) is 9.59 Å². The number of hydrazone groups is 1. The van der Waals surface area contributed by atoms with E-state index >= 15 is 0 Å². The lowest BCUT2D eigenvalue weighted by molar-refractivity contribution is -0.129. The molecule has 2 N–H and O–H groups in total. The first-order valence-corrected chi connectivity index (χ1v) is 8.64. The maximum atomic E-state index is 12.3. The van der Waals surface area contributed by atoms with E-state index in [2.05, 4.69) is 15.8 Å². The van der Waals surface area contributed by atoms with Gasteiger partial charge in [-0.15, -0.1) is 11.3 Å². The van der Waals surface area contributed by atoms with E-state index in [9.17, 15) is 9.59 Å². The fourth-order valence-corrected chi connectivity index (χ4v) is 2.81. The Morgan fingerprint density at radius 1 is 1.17 bits per heavy atom. The summed E-state index contributed by atoms with van der Waals surface area (Å²) in [5.74, 6) is -0.528. The largest absolute Gasteiger partial charge is 0.344 e. The summed E-state index contributed by atoms with van der Waals surface area (Å²) in [6.07, 6.45) is 1.85. The zero-order valence-electron chi connectivity index (χ0n) is 13.7. The Labute approximate surface area is 145 Å². The molecule has 0 radical (unpaired) electrons. The first kappa shape index (κ1) is 17.9. The average Bonchev–Trinajstić information content (AvgIpc) is 3.06. The van der Waals surface area contributed by atoms with Crippen molar-refractivity contribution in [2.75, 3.05) is 0 Å². The van der Waals surface area contributed by atoms with Gasteiger partial charge in [-0.2, -0.15) is 5.10 Å². The van der Waals surface area contributed by atoms with Crippen molar-refractivity contribution in [1.29, 1.82) is 0 Å². The summed E-state index contributed by atoms with van der Waals surface area (Å²) < 4.78 is 0. The van der Waals surface area contributed by atoms with E-state index in [0.29, 0.717) is 0 Å². The summed E-state index contributed by atoms with van der Waals surface area (Å²) in [7, 11) is 0. The van der Waals surface area contributed by atoms with Gasteiger partial charge in [-0.1, -0.05) is 50.2 Å². The average molecular weight is 343 g/mol. The molecule has 0 spiro atoms. The molecule has 0 bridgehead atoms. The first-order chi connectivity index (χ1) is 11.6. The molecule has 0 aliphatic heterocycles. The van der Waals surface area contributed by atoms with Crippen LogP contribution in [-0.4, -0.2) is 24.1 Å². The van der Waals surface area contributed by atoms with Gasteiger partial charge in [-0.25, -0.2) is 5.43 Å². The Balaban J connectivity index is 1.90. The molecule has 1 aromatic heterocycles. The SMILES string of the molecule is CC(C)C(NC(=O)Cc1cccs1)C(=O)N/N=C/c1ccccc1. The van der Waals surface area contributed by atoms with Crippen molar-refractivity contribution < 1.29 is 9.59 Å². The summed E-state index contributed by atoms with van der Waals surface area (Å²) in [5.41, 5.74) is 3.38. The molecule has 0 fully saturated rings. The molecule has 1 aromatic carbocycles. The topological polar surface area (TPSA) is 70.6 Å². The molecule has 0 aliphatic carbocycles. The fourth-order valence-electron chi connectivity index (χ4n) is 2.11. The van der Waals surface area contributed by atoms with Crippen molar-refractivity contribution in [2.45, 2.75) is 26.3 Å². The second-order valence-corrected chi connectivity index (χ2v) is 6.72. The van der Waals surface area contributed by atoms with Crippen molar-refractivity contribution in [2.24, 2.45) is 11.0 Å². The second kappa shape index (κ2) is 8.98. The molecule has 0 saturated carbocycles. The van der Waals surface area contributed by atoms with Crippen molar-refractivity contribution in [3.63, 3.8) is 0 Å². The zero-order valence-corrected chi connectivity index (χ0v) is 14.5. The molecule has 24 heavy (non-hydrogen) atoms. The molecule has 1 unspecified atom stereocenters. The van der Waals surface area contributed by atoms with Crippen molar-refractivity contribution >= 4 is 29.4 Å². The van der Waals surface area contributed by atoms with Crippen LogP contribution in [0.2, 0.25) is 0 Å². The van der Waals surface area contributed by atoms with Crippen LogP contribution in [0, 0.1) is 5.92 Å². The van der Waals surface area contributed by atoms with Crippen LogP contribution in [0.1, 0.15) is 24.3 Å². The molecule has 6 heteroatoms. The minimum absolute atomic E-state index is 0.0378. The third kappa shape index (κ3) is 5.62. The van der Waals surface area contributed by atoms with Gasteiger partial charge in [0.1, 0.15) is 6.04 Å². The summed E-state index contributed by atoms with van der Waals surface area (Å²) in [4.78, 5) is 25.3. The molecule has 2 amide bonds. The van der Waals surface area contributed by atoms with Crippen LogP contribution in [0.5, 0.6) is 0 Å². The van der Waals surface area contributed by atoms with Crippen LogP contribution in [0.4, 0.5) is 0 Å². The van der Waals surface area contributed by atoms with E-state index in [4.69, 9.17) is 0 Å². The Morgan fingerprint density at radius 3 is 2.54 bits per heavy atom. The Kier molecular flexibility index (Phi) is 6.69. The molecule has 0 aliphatic rings. The Morgan fingerprint density at radius 2 is 1.92 bits per heavy atom. The molecular weight excluding hydrogens is 322 g/mol. The van der Waals surface area contributed by atoms with Crippen LogP contribution < -0.4 is 10.7 Å². The lowest BCUT2D eigenvalue weighted by atomic mass is 10.0. The van der Waals surface area contributed by atoms with Crippen LogP contribution in [0.15, 0.2) is 52.9 Å². The predicted octanol–water partition coefficient (Wildman–Crippen LogP) is 2.58. The van der Waals surface area contributed by atoms with Crippen molar-refractivity contribution in [3.05, 3.63) is 58.3 Å². The minimum atomic E-state index is -0.620. The number of hydrogen-bond acceptors (Lipinski definition) is 4. The third-order valence-corrected chi connectivity index (χ3v) is 4.24. The maximum Gasteiger partial charge on any atom is 0.262 e. The zero-order chi connectivity index (χ0) is 17.4. The van der Waals surface area contributed by atoms with Crippen molar-refractivity contribution in [1.82, 2.24) is 10.7 Å². The number of amides is 2. The van der Waals surface area contributed by atoms with Gasteiger partial charge < -0.3 is 5.32 Å². The molecule has 2 aromatic rings. The van der Waals surface area contributed by atoms with E-state index in [1.54, 1.807) is 6.21 Å².